The van der Waals surface area contributed by atoms with Gasteiger partial charge in [-0.15, -0.1) is 0 Å². The first-order valence-corrected chi connectivity index (χ1v) is 7.34. The van der Waals surface area contributed by atoms with Crippen molar-refractivity contribution in [2.45, 2.75) is 24.3 Å². The molecule has 104 valence electrons. The SMILES string of the molecule is CC(C)[C@@H](Sc1ncccn1)C(=O)Nc1ccccc1. The molecule has 0 unspecified atom stereocenters. The summed E-state index contributed by atoms with van der Waals surface area (Å²) >= 11 is 1.39. The van der Waals surface area contributed by atoms with Crippen molar-refractivity contribution in [3.63, 3.8) is 0 Å². The third kappa shape index (κ3) is 4.06. The predicted molar refractivity (Wildman–Crippen MR) is 81.6 cm³/mol. The molecule has 1 aromatic carbocycles. The number of nitrogens with one attached hydrogen (secondary N) is 1. The van der Waals surface area contributed by atoms with Crippen molar-refractivity contribution in [1.82, 2.24) is 9.97 Å². The first-order valence-electron chi connectivity index (χ1n) is 6.46. The number of benzene rings is 1. The van der Waals surface area contributed by atoms with E-state index in [1.54, 1.807) is 18.5 Å². The average Bonchev–Trinajstić information content (AvgIpc) is 2.46. The predicted octanol–water partition coefficient (Wildman–Crippen LogP) is 3.23. The van der Waals surface area contributed by atoms with E-state index in [9.17, 15) is 4.79 Å². The molecule has 1 N–H and O–H groups in total. The highest BCUT2D eigenvalue weighted by Gasteiger charge is 2.24. The van der Waals surface area contributed by atoms with Crippen LogP contribution >= 0.6 is 11.8 Å². The number of aromatic nitrogens is 2. The lowest BCUT2D eigenvalue weighted by Crippen LogP contribution is -2.29. The van der Waals surface area contributed by atoms with Gasteiger partial charge in [-0.25, -0.2) is 9.97 Å². The van der Waals surface area contributed by atoms with Gasteiger partial charge in [-0.05, 0) is 24.1 Å². The number of para-hydroxylation sites is 1. The summed E-state index contributed by atoms with van der Waals surface area (Å²) in [6.45, 7) is 4.04. The molecule has 1 heterocycles. The molecule has 5 heteroatoms. The van der Waals surface area contributed by atoms with E-state index >= 15 is 0 Å². The lowest BCUT2D eigenvalue weighted by Gasteiger charge is -2.18. The van der Waals surface area contributed by atoms with Crippen LogP contribution in [0.4, 0.5) is 5.69 Å². The van der Waals surface area contributed by atoms with Crippen LogP contribution in [0.5, 0.6) is 0 Å². The zero-order chi connectivity index (χ0) is 14.4. The zero-order valence-corrected chi connectivity index (χ0v) is 12.3. The van der Waals surface area contributed by atoms with Crippen LogP contribution < -0.4 is 5.32 Å². The van der Waals surface area contributed by atoms with Gasteiger partial charge in [0.15, 0.2) is 5.16 Å². The van der Waals surface area contributed by atoms with Crippen molar-refractivity contribution in [3.8, 4) is 0 Å². The van der Waals surface area contributed by atoms with Crippen LogP contribution in [0.25, 0.3) is 0 Å². The maximum atomic E-state index is 12.4. The molecule has 2 rings (SSSR count). The molecule has 1 aromatic heterocycles. The molecule has 0 saturated carbocycles. The lowest BCUT2D eigenvalue weighted by atomic mass is 10.1. The van der Waals surface area contributed by atoms with Gasteiger partial charge >= 0.3 is 0 Å². The molecule has 0 fully saturated rings. The summed E-state index contributed by atoms with van der Waals surface area (Å²) in [7, 11) is 0. The van der Waals surface area contributed by atoms with E-state index in [1.165, 1.54) is 11.8 Å². The Labute approximate surface area is 123 Å². The molecule has 2 aromatic rings. The Morgan fingerprint density at radius 1 is 1.10 bits per heavy atom. The second kappa shape index (κ2) is 7.05. The zero-order valence-electron chi connectivity index (χ0n) is 11.5. The number of hydrogen-bond acceptors (Lipinski definition) is 4. The summed E-state index contributed by atoms with van der Waals surface area (Å²) in [5.41, 5.74) is 0.803. The number of carbonyl (C=O) groups excluding carboxylic acids is 1. The van der Waals surface area contributed by atoms with E-state index < -0.39 is 0 Å². The normalized spacial score (nSPS) is 12.2. The van der Waals surface area contributed by atoms with Gasteiger partial charge < -0.3 is 5.32 Å². The van der Waals surface area contributed by atoms with Crippen LogP contribution in [-0.2, 0) is 4.79 Å². The van der Waals surface area contributed by atoms with Crippen molar-refractivity contribution in [3.05, 3.63) is 48.8 Å². The molecule has 0 bridgehead atoms. The van der Waals surface area contributed by atoms with Crippen LogP contribution in [-0.4, -0.2) is 21.1 Å². The second-order valence-corrected chi connectivity index (χ2v) is 5.78. The fourth-order valence-electron chi connectivity index (χ4n) is 1.69. The van der Waals surface area contributed by atoms with Gasteiger partial charge in [0.05, 0.1) is 5.25 Å². The van der Waals surface area contributed by atoms with Crippen molar-refractivity contribution in [2.24, 2.45) is 5.92 Å². The van der Waals surface area contributed by atoms with Gasteiger partial charge in [0.25, 0.3) is 0 Å². The van der Waals surface area contributed by atoms with Crippen LogP contribution in [0.1, 0.15) is 13.8 Å². The number of anilines is 1. The molecule has 0 saturated heterocycles. The number of carbonyl (C=O) groups is 1. The van der Waals surface area contributed by atoms with Gasteiger partial charge in [-0.3, -0.25) is 4.79 Å². The van der Waals surface area contributed by atoms with Gasteiger partial charge in [0.2, 0.25) is 5.91 Å². The van der Waals surface area contributed by atoms with E-state index in [0.717, 1.165) is 5.69 Å². The first-order chi connectivity index (χ1) is 9.66. The van der Waals surface area contributed by atoms with Gasteiger partial charge in [-0.1, -0.05) is 43.8 Å². The Bertz CT molecular complexity index is 546. The van der Waals surface area contributed by atoms with Crippen molar-refractivity contribution in [2.75, 3.05) is 5.32 Å². The van der Waals surface area contributed by atoms with Crippen molar-refractivity contribution in [1.29, 1.82) is 0 Å². The number of hydrogen-bond donors (Lipinski definition) is 1. The van der Waals surface area contributed by atoms with Crippen LogP contribution in [0, 0.1) is 5.92 Å². The summed E-state index contributed by atoms with van der Waals surface area (Å²) in [6.07, 6.45) is 3.36. The van der Waals surface area contributed by atoms with Gasteiger partial charge in [-0.2, -0.15) is 0 Å². The standard InChI is InChI=1S/C15H17N3OS/c1-11(2)13(20-15-16-9-6-10-17-15)14(19)18-12-7-4-3-5-8-12/h3-11,13H,1-2H3,(H,18,19)/t13-/m1/s1. The van der Waals surface area contributed by atoms with Crippen LogP contribution in [0.2, 0.25) is 0 Å². The number of thioether (sulfide) groups is 1. The molecule has 0 spiro atoms. The molecule has 0 radical (unpaired) electrons. The second-order valence-electron chi connectivity index (χ2n) is 4.67. The fraction of sp³-hybridized carbons (Fsp3) is 0.267. The fourth-order valence-corrected chi connectivity index (χ4v) is 2.60. The Morgan fingerprint density at radius 2 is 1.75 bits per heavy atom. The third-order valence-corrected chi connectivity index (χ3v) is 4.11. The lowest BCUT2D eigenvalue weighted by molar-refractivity contribution is -0.116. The Hall–Kier alpha value is -1.88. The molecular weight excluding hydrogens is 270 g/mol. The van der Waals surface area contributed by atoms with E-state index in [0.29, 0.717) is 5.16 Å². The maximum Gasteiger partial charge on any atom is 0.238 e. The molecule has 1 atom stereocenters. The van der Waals surface area contributed by atoms with E-state index in [1.807, 2.05) is 44.2 Å². The van der Waals surface area contributed by atoms with Crippen LogP contribution in [0.15, 0.2) is 53.9 Å². The molecule has 1 amide bonds. The van der Waals surface area contributed by atoms with E-state index in [-0.39, 0.29) is 17.1 Å². The Balaban J connectivity index is 2.07. The summed E-state index contributed by atoms with van der Waals surface area (Å²) in [5, 5.41) is 3.32. The molecule has 0 aliphatic rings. The minimum absolute atomic E-state index is 0.0244. The molecule has 4 nitrogen and oxygen atoms in total. The molecular formula is C15H17N3OS. The highest BCUT2D eigenvalue weighted by molar-refractivity contribution is 8.00. The highest BCUT2D eigenvalue weighted by atomic mass is 32.2. The van der Waals surface area contributed by atoms with Gasteiger partial charge in [0, 0.05) is 18.1 Å². The molecule has 0 aliphatic heterocycles. The van der Waals surface area contributed by atoms with Crippen LogP contribution in [0.3, 0.4) is 0 Å². The smallest absolute Gasteiger partial charge is 0.238 e. The van der Waals surface area contributed by atoms with Gasteiger partial charge in [0.1, 0.15) is 0 Å². The number of nitrogens with zero attached hydrogens (tertiary/aromatic N) is 2. The van der Waals surface area contributed by atoms with E-state index in [2.05, 4.69) is 15.3 Å². The summed E-state index contributed by atoms with van der Waals surface area (Å²) in [4.78, 5) is 20.7. The van der Waals surface area contributed by atoms with E-state index in [4.69, 9.17) is 0 Å². The first kappa shape index (κ1) is 14.5. The monoisotopic (exact) mass is 287 g/mol. The Morgan fingerprint density at radius 3 is 2.35 bits per heavy atom. The van der Waals surface area contributed by atoms with Crippen molar-refractivity contribution < 1.29 is 4.79 Å². The number of rotatable bonds is 5. The summed E-state index contributed by atoms with van der Waals surface area (Å²) in [5.74, 6) is 0.163. The quantitative estimate of drug-likeness (QED) is 0.677. The third-order valence-electron chi connectivity index (χ3n) is 2.68. The minimum atomic E-state index is -0.224. The minimum Gasteiger partial charge on any atom is -0.325 e. The molecule has 0 aliphatic carbocycles. The summed E-state index contributed by atoms with van der Waals surface area (Å²) < 4.78 is 0. The number of amides is 1. The topological polar surface area (TPSA) is 54.9 Å². The van der Waals surface area contributed by atoms with Crippen molar-refractivity contribution >= 4 is 23.4 Å². The maximum absolute atomic E-state index is 12.4. The largest absolute Gasteiger partial charge is 0.325 e. The average molecular weight is 287 g/mol. The molecule has 20 heavy (non-hydrogen) atoms. The highest BCUT2D eigenvalue weighted by Crippen LogP contribution is 2.26. The Kier molecular flexibility index (Phi) is 5.12. The summed E-state index contributed by atoms with van der Waals surface area (Å²) in [6, 6.07) is 11.2.